The summed E-state index contributed by atoms with van der Waals surface area (Å²) >= 11 is 0. The van der Waals surface area contributed by atoms with Crippen LogP contribution in [0.3, 0.4) is 0 Å². The van der Waals surface area contributed by atoms with Crippen molar-refractivity contribution in [3.05, 3.63) is 18.1 Å². The van der Waals surface area contributed by atoms with Gasteiger partial charge in [-0.25, -0.2) is 4.98 Å². The van der Waals surface area contributed by atoms with Crippen LogP contribution in [0.4, 0.5) is 5.82 Å². The first-order chi connectivity index (χ1) is 9.81. The number of rotatable bonds is 2. The van der Waals surface area contributed by atoms with E-state index in [1.165, 1.54) is 0 Å². The molecule has 0 aliphatic carbocycles. The monoisotopic (exact) mass is 273 g/mol. The molecule has 106 valence electrons. The van der Waals surface area contributed by atoms with Crippen molar-refractivity contribution in [1.29, 1.82) is 0 Å². The molecule has 0 radical (unpaired) electrons. The minimum absolute atomic E-state index is 0.671. The van der Waals surface area contributed by atoms with Crippen LogP contribution in [0.15, 0.2) is 12.4 Å². The van der Waals surface area contributed by atoms with Crippen LogP contribution in [-0.2, 0) is 0 Å². The van der Waals surface area contributed by atoms with Gasteiger partial charge in [-0.1, -0.05) is 0 Å². The summed E-state index contributed by atoms with van der Waals surface area (Å²) in [6, 6.07) is 2.76. The lowest BCUT2D eigenvalue weighted by molar-refractivity contribution is 0.147. The van der Waals surface area contributed by atoms with E-state index < -0.39 is 0 Å². The molecule has 7 nitrogen and oxygen atoms in total. The third-order valence-electron chi connectivity index (χ3n) is 4.22. The zero-order chi connectivity index (χ0) is 13.5. The van der Waals surface area contributed by atoms with Gasteiger partial charge in [0.1, 0.15) is 12.1 Å². The Morgan fingerprint density at radius 3 is 2.85 bits per heavy atom. The third-order valence-corrected chi connectivity index (χ3v) is 4.22. The Morgan fingerprint density at radius 2 is 2.05 bits per heavy atom. The summed E-state index contributed by atoms with van der Waals surface area (Å²) in [5.41, 5.74) is 0.992. The second-order valence-electron chi connectivity index (χ2n) is 5.57. The minimum atomic E-state index is 0.671. The molecule has 2 aromatic rings. The maximum absolute atomic E-state index is 4.39. The van der Waals surface area contributed by atoms with Crippen LogP contribution in [0.1, 0.15) is 5.69 Å². The molecule has 2 aromatic heterocycles. The number of hydrogen-bond acceptors (Lipinski definition) is 6. The highest BCUT2D eigenvalue weighted by atomic mass is 15.4. The molecule has 2 aliphatic heterocycles. The minimum Gasteiger partial charge on any atom is -0.353 e. The van der Waals surface area contributed by atoms with Crippen molar-refractivity contribution < 1.29 is 0 Å². The second-order valence-corrected chi connectivity index (χ2v) is 5.57. The largest absolute Gasteiger partial charge is 0.353 e. The molecule has 7 heteroatoms. The molecule has 0 unspecified atom stereocenters. The first-order valence-corrected chi connectivity index (χ1v) is 7.18. The number of nitrogens with zero attached hydrogens (tertiary/aromatic N) is 6. The van der Waals surface area contributed by atoms with Crippen LogP contribution in [0, 0.1) is 6.92 Å². The lowest BCUT2D eigenvalue weighted by Crippen LogP contribution is -2.63. The molecule has 2 saturated heterocycles. The summed E-state index contributed by atoms with van der Waals surface area (Å²) in [6.07, 6.45) is 1.57. The van der Waals surface area contributed by atoms with Gasteiger partial charge in [0, 0.05) is 57.1 Å². The molecule has 0 aromatic carbocycles. The van der Waals surface area contributed by atoms with E-state index in [0.29, 0.717) is 11.8 Å². The van der Waals surface area contributed by atoms with Crippen molar-refractivity contribution in [1.82, 2.24) is 29.8 Å². The molecule has 2 fully saturated rings. The maximum atomic E-state index is 4.39. The van der Waals surface area contributed by atoms with Gasteiger partial charge in [-0.2, -0.15) is 14.6 Å². The van der Waals surface area contributed by atoms with Gasteiger partial charge in [0.25, 0.3) is 5.78 Å². The van der Waals surface area contributed by atoms with Gasteiger partial charge >= 0.3 is 0 Å². The standard InChI is InChI=1S/C13H19N7/c1-10-6-12(20-13(17-10)15-9-16-20)19-7-11(8-19)18-4-2-14-3-5-18/h6,9,11,14H,2-5,7-8H2,1H3. The zero-order valence-electron chi connectivity index (χ0n) is 11.7. The molecule has 0 spiro atoms. The molecular formula is C13H19N7. The number of nitrogens with one attached hydrogen (secondary N) is 1. The van der Waals surface area contributed by atoms with Crippen molar-refractivity contribution in [3.63, 3.8) is 0 Å². The van der Waals surface area contributed by atoms with Crippen LogP contribution in [0.5, 0.6) is 0 Å². The van der Waals surface area contributed by atoms with Gasteiger partial charge in [-0.3, -0.25) is 4.90 Å². The Bertz CT molecular complexity index is 610. The van der Waals surface area contributed by atoms with Crippen molar-refractivity contribution in [2.24, 2.45) is 0 Å². The molecule has 0 atom stereocenters. The van der Waals surface area contributed by atoms with E-state index in [4.69, 9.17) is 0 Å². The highest BCUT2D eigenvalue weighted by Gasteiger charge is 2.33. The first-order valence-electron chi connectivity index (χ1n) is 7.18. The van der Waals surface area contributed by atoms with E-state index in [0.717, 1.165) is 50.8 Å². The van der Waals surface area contributed by atoms with Crippen LogP contribution < -0.4 is 10.2 Å². The Balaban J connectivity index is 1.52. The van der Waals surface area contributed by atoms with E-state index in [2.05, 4.69) is 36.2 Å². The average Bonchev–Trinajstić information content (AvgIpc) is 2.86. The highest BCUT2D eigenvalue weighted by Crippen LogP contribution is 2.24. The van der Waals surface area contributed by atoms with Crippen LogP contribution in [0.2, 0.25) is 0 Å². The van der Waals surface area contributed by atoms with E-state index in [9.17, 15) is 0 Å². The number of aromatic nitrogens is 4. The van der Waals surface area contributed by atoms with Gasteiger partial charge in [0.2, 0.25) is 0 Å². The lowest BCUT2D eigenvalue weighted by atomic mass is 10.1. The van der Waals surface area contributed by atoms with Crippen molar-refractivity contribution in [2.45, 2.75) is 13.0 Å². The molecule has 4 heterocycles. The fraction of sp³-hybridized carbons (Fsp3) is 0.615. The second kappa shape index (κ2) is 4.68. The van der Waals surface area contributed by atoms with Gasteiger partial charge in [-0.15, -0.1) is 0 Å². The van der Waals surface area contributed by atoms with E-state index in [1.807, 2.05) is 11.4 Å². The average molecular weight is 273 g/mol. The third kappa shape index (κ3) is 1.94. The van der Waals surface area contributed by atoms with Gasteiger partial charge < -0.3 is 10.2 Å². The lowest BCUT2D eigenvalue weighted by Gasteiger charge is -2.47. The Kier molecular flexibility index (Phi) is 2.82. The molecular weight excluding hydrogens is 254 g/mol. The van der Waals surface area contributed by atoms with Crippen LogP contribution in [-0.4, -0.2) is 69.8 Å². The Hall–Kier alpha value is -1.73. The summed E-state index contributed by atoms with van der Waals surface area (Å²) in [5, 5.41) is 7.68. The number of fused-ring (bicyclic) bond motifs is 1. The normalized spacial score (nSPS) is 21.4. The van der Waals surface area contributed by atoms with Gasteiger partial charge in [0.15, 0.2) is 0 Å². The fourth-order valence-electron chi connectivity index (χ4n) is 3.06. The molecule has 20 heavy (non-hydrogen) atoms. The summed E-state index contributed by atoms with van der Waals surface area (Å²) < 4.78 is 1.83. The molecule has 1 N–H and O–H groups in total. The molecule has 4 rings (SSSR count). The predicted octanol–water partition coefficient (Wildman–Crippen LogP) is -0.473. The smallest absolute Gasteiger partial charge is 0.254 e. The fourth-order valence-corrected chi connectivity index (χ4v) is 3.06. The SMILES string of the molecule is Cc1cc(N2CC(N3CCNCC3)C2)n2ncnc2n1. The van der Waals surface area contributed by atoms with E-state index >= 15 is 0 Å². The van der Waals surface area contributed by atoms with Crippen LogP contribution in [0.25, 0.3) is 5.78 Å². The van der Waals surface area contributed by atoms with Crippen molar-refractivity contribution in [2.75, 3.05) is 44.2 Å². The van der Waals surface area contributed by atoms with Gasteiger partial charge in [-0.05, 0) is 6.92 Å². The molecule has 2 aliphatic rings. The molecule has 0 bridgehead atoms. The van der Waals surface area contributed by atoms with Crippen LogP contribution >= 0.6 is 0 Å². The zero-order valence-corrected chi connectivity index (χ0v) is 11.7. The summed E-state index contributed by atoms with van der Waals surface area (Å²) in [4.78, 5) is 13.5. The maximum Gasteiger partial charge on any atom is 0.254 e. The molecule has 0 amide bonds. The van der Waals surface area contributed by atoms with Crippen molar-refractivity contribution in [3.8, 4) is 0 Å². The number of anilines is 1. The summed E-state index contributed by atoms with van der Waals surface area (Å²) in [5.74, 6) is 1.79. The number of piperazine rings is 1. The number of aryl methyl sites for hydroxylation is 1. The predicted molar refractivity (Wildman–Crippen MR) is 76.0 cm³/mol. The number of hydrogen-bond donors (Lipinski definition) is 1. The van der Waals surface area contributed by atoms with E-state index in [1.54, 1.807) is 6.33 Å². The summed E-state index contributed by atoms with van der Waals surface area (Å²) in [6.45, 7) is 8.68. The quantitative estimate of drug-likeness (QED) is 0.798. The first kappa shape index (κ1) is 12.0. The van der Waals surface area contributed by atoms with Gasteiger partial charge in [0.05, 0.1) is 0 Å². The Labute approximate surface area is 117 Å². The van der Waals surface area contributed by atoms with Crippen molar-refractivity contribution >= 4 is 11.6 Å². The topological polar surface area (TPSA) is 61.6 Å². The summed E-state index contributed by atoms with van der Waals surface area (Å²) in [7, 11) is 0. The highest BCUT2D eigenvalue weighted by molar-refractivity contribution is 5.49. The Morgan fingerprint density at radius 1 is 1.25 bits per heavy atom. The molecule has 0 saturated carbocycles. The van der Waals surface area contributed by atoms with E-state index in [-0.39, 0.29) is 0 Å².